The van der Waals surface area contributed by atoms with Crippen LogP contribution in [0, 0.1) is 11.7 Å². The van der Waals surface area contributed by atoms with Crippen LogP contribution in [-0.4, -0.2) is 38.4 Å². The Labute approximate surface area is 172 Å². The van der Waals surface area contributed by atoms with Crippen molar-refractivity contribution in [2.24, 2.45) is 5.92 Å². The van der Waals surface area contributed by atoms with E-state index in [-0.39, 0.29) is 23.5 Å². The van der Waals surface area contributed by atoms with Gasteiger partial charge in [-0.3, -0.25) is 4.79 Å². The van der Waals surface area contributed by atoms with Gasteiger partial charge in [-0.1, -0.05) is 23.4 Å². The smallest absolute Gasteiger partial charge is 0.255 e. The van der Waals surface area contributed by atoms with Gasteiger partial charge < -0.3 is 13.8 Å². The summed E-state index contributed by atoms with van der Waals surface area (Å²) in [5.41, 5.74) is 2.02. The van der Waals surface area contributed by atoms with Gasteiger partial charge in [-0.2, -0.15) is 4.98 Å². The van der Waals surface area contributed by atoms with E-state index in [9.17, 15) is 9.18 Å². The Bertz CT molecular complexity index is 1170. The van der Waals surface area contributed by atoms with Crippen LogP contribution in [0.25, 0.3) is 16.9 Å². The predicted octanol–water partition coefficient (Wildman–Crippen LogP) is 4.22. The quantitative estimate of drug-likeness (QED) is 0.511. The maximum absolute atomic E-state index is 14.0. The van der Waals surface area contributed by atoms with Gasteiger partial charge in [0.25, 0.3) is 5.91 Å². The molecule has 1 fully saturated rings. The number of piperidine rings is 1. The number of carbonyl (C=O) groups excluding carboxylic acids is 1. The first-order valence-corrected chi connectivity index (χ1v) is 10.1. The van der Waals surface area contributed by atoms with E-state index >= 15 is 0 Å². The van der Waals surface area contributed by atoms with Crippen molar-refractivity contribution in [2.75, 3.05) is 13.1 Å². The summed E-state index contributed by atoms with van der Waals surface area (Å²) in [5, 5.41) is 3.93. The summed E-state index contributed by atoms with van der Waals surface area (Å²) >= 11 is 0. The standard InChI is InChI=1S/C23H21FN4O2/c24-20-9-2-1-8-19(20)22-25-21(30-26-22)12-16-6-5-11-28(14-16)23(29)17-13-18-7-3-4-10-27(18)15-17/h1-4,7-10,13,15-16H,5-6,11-12,14H2/t16-/m1/s1. The van der Waals surface area contributed by atoms with Gasteiger partial charge in [-0.15, -0.1) is 0 Å². The highest BCUT2D eigenvalue weighted by Crippen LogP contribution is 2.24. The molecule has 1 aliphatic heterocycles. The molecular formula is C23H21FN4O2. The van der Waals surface area contributed by atoms with Gasteiger partial charge in [0.15, 0.2) is 0 Å². The molecule has 5 rings (SSSR count). The number of carbonyl (C=O) groups is 1. The first-order chi connectivity index (χ1) is 14.7. The molecule has 0 saturated carbocycles. The number of hydrogen-bond donors (Lipinski definition) is 0. The van der Waals surface area contributed by atoms with Gasteiger partial charge in [0.2, 0.25) is 11.7 Å². The molecular weight excluding hydrogens is 383 g/mol. The predicted molar refractivity (Wildman–Crippen MR) is 109 cm³/mol. The van der Waals surface area contributed by atoms with E-state index in [2.05, 4.69) is 10.1 Å². The number of fused-ring (bicyclic) bond motifs is 1. The molecule has 0 unspecified atom stereocenters. The van der Waals surface area contributed by atoms with Crippen molar-refractivity contribution in [3.8, 4) is 11.4 Å². The minimum absolute atomic E-state index is 0.0426. The number of amides is 1. The lowest BCUT2D eigenvalue weighted by molar-refractivity contribution is 0.0668. The van der Waals surface area contributed by atoms with E-state index in [1.807, 2.05) is 46.0 Å². The van der Waals surface area contributed by atoms with Crippen molar-refractivity contribution >= 4 is 11.4 Å². The molecule has 0 N–H and O–H groups in total. The summed E-state index contributed by atoms with van der Waals surface area (Å²) in [6.07, 6.45) is 6.30. The molecule has 4 aromatic rings. The SMILES string of the molecule is O=C(c1cc2ccccn2c1)N1CCC[C@H](Cc2nc(-c3ccccc3F)no2)C1. The number of nitrogens with zero attached hydrogens (tertiary/aromatic N) is 4. The molecule has 0 bridgehead atoms. The summed E-state index contributed by atoms with van der Waals surface area (Å²) < 4.78 is 21.3. The van der Waals surface area contributed by atoms with E-state index in [0.717, 1.165) is 24.9 Å². The van der Waals surface area contributed by atoms with Crippen LogP contribution in [0.5, 0.6) is 0 Å². The zero-order chi connectivity index (χ0) is 20.5. The second-order valence-corrected chi connectivity index (χ2v) is 7.72. The molecule has 0 aliphatic carbocycles. The number of hydrogen-bond acceptors (Lipinski definition) is 4. The Morgan fingerprint density at radius 2 is 2.07 bits per heavy atom. The van der Waals surface area contributed by atoms with Crippen LogP contribution in [-0.2, 0) is 6.42 Å². The van der Waals surface area contributed by atoms with Gasteiger partial charge in [0.1, 0.15) is 5.82 Å². The molecule has 1 aliphatic rings. The van der Waals surface area contributed by atoms with Gasteiger partial charge >= 0.3 is 0 Å². The number of pyridine rings is 1. The molecule has 30 heavy (non-hydrogen) atoms. The molecule has 3 aromatic heterocycles. The second-order valence-electron chi connectivity index (χ2n) is 7.72. The average molecular weight is 404 g/mol. The van der Waals surface area contributed by atoms with Gasteiger partial charge in [0.05, 0.1) is 11.1 Å². The van der Waals surface area contributed by atoms with Crippen LogP contribution < -0.4 is 0 Å². The van der Waals surface area contributed by atoms with Crippen LogP contribution in [0.1, 0.15) is 29.1 Å². The minimum atomic E-state index is -0.376. The monoisotopic (exact) mass is 404 g/mol. The Morgan fingerprint density at radius 1 is 1.20 bits per heavy atom. The number of benzene rings is 1. The molecule has 7 heteroatoms. The molecule has 1 saturated heterocycles. The lowest BCUT2D eigenvalue weighted by atomic mass is 9.94. The fourth-order valence-corrected chi connectivity index (χ4v) is 4.11. The third kappa shape index (κ3) is 3.58. The van der Waals surface area contributed by atoms with Crippen LogP contribution >= 0.6 is 0 Å². The Balaban J connectivity index is 1.28. The summed E-state index contributed by atoms with van der Waals surface area (Å²) in [6.45, 7) is 1.38. The summed E-state index contributed by atoms with van der Waals surface area (Å²) in [4.78, 5) is 19.3. The molecule has 0 spiro atoms. The molecule has 0 radical (unpaired) electrons. The molecule has 1 atom stereocenters. The highest BCUT2D eigenvalue weighted by molar-refractivity contribution is 5.95. The van der Waals surface area contributed by atoms with Crippen LogP contribution in [0.3, 0.4) is 0 Å². The van der Waals surface area contributed by atoms with E-state index in [0.29, 0.717) is 30.0 Å². The molecule has 4 heterocycles. The van der Waals surface area contributed by atoms with Gasteiger partial charge in [0, 0.05) is 37.4 Å². The van der Waals surface area contributed by atoms with E-state index in [1.165, 1.54) is 6.07 Å². The van der Waals surface area contributed by atoms with Gasteiger partial charge in [-0.05, 0) is 49.1 Å². The summed E-state index contributed by atoms with van der Waals surface area (Å²) in [6, 6.07) is 14.2. The fourth-order valence-electron chi connectivity index (χ4n) is 4.11. The summed E-state index contributed by atoms with van der Waals surface area (Å²) in [7, 11) is 0. The van der Waals surface area contributed by atoms with E-state index < -0.39 is 0 Å². The van der Waals surface area contributed by atoms with E-state index in [1.54, 1.807) is 18.2 Å². The Hall–Kier alpha value is -3.48. The van der Waals surface area contributed by atoms with Crippen LogP contribution in [0.2, 0.25) is 0 Å². The first kappa shape index (κ1) is 18.5. The van der Waals surface area contributed by atoms with Crippen molar-refractivity contribution in [1.29, 1.82) is 0 Å². The lowest BCUT2D eigenvalue weighted by Crippen LogP contribution is -2.40. The topological polar surface area (TPSA) is 63.6 Å². The first-order valence-electron chi connectivity index (χ1n) is 10.1. The Kier molecular flexibility index (Phi) is 4.78. The largest absolute Gasteiger partial charge is 0.339 e. The third-order valence-corrected chi connectivity index (χ3v) is 5.60. The van der Waals surface area contributed by atoms with Crippen molar-refractivity contribution in [3.63, 3.8) is 0 Å². The highest BCUT2D eigenvalue weighted by Gasteiger charge is 2.27. The minimum Gasteiger partial charge on any atom is -0.339 e. The van der Waals surface area contributed by atoms with Crippen molar-refractivity contribution in [1.82, 2.24) is 19.4 Å². The Morgan fingerprint density at radius 3 is 2.93 bits per heavy atom. The summed E-state index contributed by atoms with van der Waals surface area (Å²) in [5.74, 6) is 0.628. The maximum Gasteiger partial charge on any atom is 0.255 e. The maximum atomic E-state index is 14.0. The lowest BCUT2D eigenvalue weighted by Gasteiger charge is -2.32. The van der Waals surface area contributed by atoms with Gasteiger partial charge in [-0.25, -0.2) is 4.39 Å². The molecule has 6 nitrogen and oxygen atoms in total. The normalized spacial score (nSPS) is 16.8. The zero-order valence-corrected chi connectivity index (χ0v) is 16.4. The third-order valence-electron chi connectivity index (χ3n) is 5.60. The molecule has 152 valence electrons. The molecule has 1 amide bonds. The number of halogens is 1. The zero-order valence-electron chi connectivity index (χ0n) is 16.4. The fraction of sp³-hybridized carbons (Fsp3) is 0.261. The number of likely N-dealkylation sites (tertiary alicyclic amines) is 1. The number of rotatable bonds is 4. The average Bonchev–Trinajstić information content (AvgIpc) is 3.41. The van der Waals surface area contributed by atoms with Crippen LogP contribution in [0.15, 0.2) is 65.4 Å². The van der Waals surface area contributed by atoms with Crippen LogP contribution in [0.4, 0.5) is 4.39 Å². The van der Waals surface area contributed by atoms with Crippen molar-refractivity contribution in [3.05, 3.63) is 78.2 Å². The highest BCUT2D eigenvalue weighted by atomic mass is 19.1. The van der Waals surface area contributed by atoms with Crippen molar-refractivity contribution < 1.29 is 13.7 Å². The van der Waals surface area contributed by atoms with Crippen molar-refractivity contribution in [2.45, 2.75) is 19.3 Å². The second kappa shape index (κ2) is 7.74. The molecule has 1 aromatic carbocycles. The van der Waals surface area contributed by atoms with E-state index in [4.69, 9.17) is 4.52 Å². The number of aromatic nitrogens is 3.